The molecule has 7 nitrogen and oxygen atoms in total. The van der Waals surface area contributed by atoms with Gasteiger partial charge < -0.3 is 18.9 Å². The van der Waals surface area contributed by atoms with Crippen LogP contribution in [0.1, 0.15) is 31.4 Å². The third-order valence-electron chi connectivity index (χ3n) is 4.79. The van der Waals surface area contributed by atoms with E-state index in [4.69, 9.17) is 19.9 Å². The summed E-state index contributed by atoms with van der Waals surface area (Å²) in [4.78, 5) is 22.2. The van der Waals surface area contributed by atoms with Crippen LogP contribution in [0.2, 0.25) is 0 Å². The minimum atomic E-state index is -2.34. The zero-order valence-corrected chi connectivity index (χ0v) is 18.9. The van der Waals surface area contributed by atoms with Crippen LogP contribution in [-0.2, 0) is 39.9 Å². The van der Waals surface area contributed by atoms with Gasteiger partial charge in [0.15, 0.2) is 23.3 Å². The van der Waals surface area contributed by atoms with E-state index in [9.17, 15) is 9.59 Å². The van der Waals surface area contributed by atoms with Crippen LogP contribution in [0.4, 0.5) is 17.6 Å². The Morgan fingerprint density at radius 3 is 1.62 bits per heavy atom. The predicted octanol–water partition coefficient (Wildman–Crippen LogP) is 3.66. The Bertz CT molecular complexity index is 921. The van der Waals surface area contributed by atoms with E-state index in [-0.39, 0.29) is 26.2 Å². The van der Waals surface area contributed by atoms with Crippen LogP contribution in [0.5, 0.6) is 0 Å². The number of ether oxygens (including phenoxy) is 4. The lowest BCUT2D eigenvalue weighted by atomic mass is 9.87. The van der Waals surface area contributed by atoms with Crippen molar-refractivity contribution in [1.29, 1.82) is 0 Å². The number of carbonyl (C=O) groups excluding carboxylic acids is 2. The quantitative estimate of drug-likeness (QED) is 0.0810. The van der Waals surface area contributed by atoms with Crippen molar-refractivity contribution in [3.8, 4) is 0 Å². The molecule has 2 atom stereocenters. The molecule has 0 aliphatic heterocycles. The largest absolute Gasteiger partial charge is 0.460 e. The van der Waals surface area contributed by atoms with E-state index in [1.54, 1.807) is 0 Å². The van der Waals surface area contributed by atoms with Crippen LogP contribution >= 0.6 is 0 Å². The topological polar surface area (TPSA) is 97.1 Å². The normalized spacial score (nSPS) is 14.4. The lowest BCUT2D eigenvalue weighted by molar-refractivity contribution is -0.142. The van der Waals surface area contributed by atoms with E-state index in [1.165, 1.54) is 6.92 Å². The molecule has 2 unspecified atom stereocenters. The molecule has 0 radical (unpaired) electrons. The van der Waals surface area contributed by atoms with Gasteiger partial charge in [-0.2, -0.15) is 0 Å². The van der Waals surface area contributed by atoms with Gasteiger partial charge in [0.25, 0.3) is 0 Å². The second-order valence-corrected chi connectivity index (χ2v) is 7.00. The van der Waals surface area contributed by atoms with Crippen LogP contribution in [0.15, 0.2) is 38.0 Å². The van der Waals surface area contributed by atoms with Crippen LogP contribution < -0.4 is 5.73 Å². The number of nitrogens with two attached hydrogens (primary N) is 1. The van der Waals surface area contributed by atoms with Gasteiger partial charge in [0.05, 0.1) is 24.3 Å². The molecule has 1 aromatic rings. The molecule has 1 aromatic carbocycles. The third kappa shape index (κ3) is 6.52. The number of esters is 2. The molecular formula is C23H27F4NO6. The maximum absolute atomic E-state index is 15.1. The summed E-state index contributed by atoms with van der Waals surface area (Å²) in [5.74, 6) is -8.67. The Hall–Kier alpha value is -3.02. The van der Waals surface area contributed by atoms with Crippen molar-refractivity contribution in [3.05, 3.63) is 72.4 Å². The first-order valence-corrected chi connectivity index (χ1v) is 10.1. The Morgan fingerprint density at radius 1 is 0.824 bits per heavy atom. The Morgan fingerprint density at radius 2 is 1.24 bits per heavy atom. The van der Waals surface area contributed by atoms with Gasteiger partial charge in [-0.15, -0.1) is 0 Å². The average molecular weight is 489 g/mol. The fourth-order valence-corrected chi connectivity index (χ4v) is 3.05. The van der Waals surface area contributed by atoms with Gasteiger partial charge in [-0.25, -0.2) is 27.2 Å². The van der Waals surface area contributed by atoms with Crippen molar-refractivity contribution in [2.24, 2.45) is 5.73 Å². The number of hydrogen-bond donors (Lipinski definition) is 1. The summed E-state index contributed by atoms with van der Waals surface area (Å²) in [6.07, 6.45) is 2.59. The van der Waals surface area contributed by atoms with Crippen LogP contribution in [0.3, 0.4) is 0 Å². The maximum Gasteiger partial charge on any atom is 0.330 e. The fraction of sp³-hybridized carbons (Fsp3) is 0.391. The smallest absolute Gasteiger partial charge is 0.330 e. The van der Waals surface area contributed by atoms with Crippen molar-refractivity contribution in [3.63, 3.8) is 0 Å². The number of halogens is 4. The first-order valence-electron chi connectivity index (χ1n) is 10.1. The highest BCUT2D eigenvalue weighted by atomic mass is 19.2. The lowest BCUT2D eigenvalue weighted by Gasteiger charge is -2.33. The minimum Gasteiger partial charge on any atom is -0.460 e. The second-order valence-electron chi connectivity index (χ2n) is 7.00. The maximum atomic E-state index is 15.1. The van der Waals surface area contributed by atoms with Crippen molar-refractivity contribution in [2.45, 2.75) is 31.6 Å². The number of carbonyl (C=O) groups is 2. The molecule has 0 aliphatic carbocycles. The summed E-state index contributed by atoms with van der Waals surface area (Å²) in [6.45, 7) is 10.8. The van der Waals surface area contributed by atoms with Crippen molar-refractivity contribution in [2.75, 3.05) is 26.4 Å². The molecule has 34 heavy (non-hydrogen) atoms. The van der Waals surface area contributed by atoms with Gasteiger partial charge in [-0.05, 0) is 13.3 Å². The molecule has 11 heteroatoms. The highest BCUT2D eigenvalue weighted by Crippen LogP contribution is 2.40. The van der Waals surface area contributed by atoms with E-state index in [2.05, 4.69) is 24.5 Å². The van der Waals surface area contributed by atoms with Gasteiger partial charge >= 0.3 is 11.9 Å². The van der Waals surface area contributed by atoms with Crippen LogP contribution in [0, 0.1) is 23.3 Å². The van der Waals surface area contributed by atoms with E-state index in [1.807, 2.05) is 0 Å². The molecule has 0 aromatic heterocycles. The lowest BCUT2D eigenvalue weighted by Crippen LogP contribution is -2.41. The highest BCUT2D eigenvalue weighted by molar-refractivity contribution is 5.81. The first kappa shape index (κ1) is 29.0. The molecule has 2 N–H and O–H groups in total. The molecule has 188 valence electrons. The SMILES string of the molecule is C=CC(=O)OCCOC(C)(N)c1c(F)c(F)c(C(C=C)(CC)OCCOC(=O)C=C)c(F)c1F. The van der Waals surface area contributed by atoms with Gasteiger partial charge in [-0.3, -0.25) is 5.73 Å². The van der Waals surface area contributed by atoms with Gasteiger partial charge in [-0.1, -0.05) is 32.7 Å². The zero-order chi connectivity index (χ0) is 26.1. The Labute approximate surface area is 194 Å². The molecule has 1 rings (SSSR count). The Kier molecular flexibility index (Phi) is 10.6. The molecular weight excluding hydrogens is 462 g/mol. The van der Waals surface area contributed by atoms with E-state index >= 15 is 17.6 Å². The summed E-state index contributed by atoms with van der Waals surface area (Å²) in [5.41, 5.74) is -0.836. The van der Waals surface area contributed by atoms with Gasteiger partial charge in [0.2, 0.25) is 0 Å². The first-order chi connectivity index (χ1) is 15.9. The molecule has 0 spiro atoms. The molecule has 0 saturated heterocycles. The fourth-order valence-electron chi connectivity index (χ4n) is 3.05. The van der Waals surface area contributed by atoms with E-state index < -0.39 is 64.3 Å². The molecule has 0 bridgehead atoms. The van der Waals surface area contributed by atoms with Crippen LogP contribution in [-0.4, -0.2) is 38.4 Å². The number of hydrogen-bond acceptors (Lipinski definition) is 7. The summed E-state index contributed by atoms with van der Waals surface area (Å²) in [6, 6.07) is 0. The monoisotopic (exact) mass is 489 g/mol. The summed E-state index contributed by atoms with van der Waals surface area (Å²) < 4.78 is 80.3. The molecule has 0 saturated carbocycles. The van der Waals surface area contributed by atoms with E-state index in [0.717, 1.165) is 25.2 Å². The molecule has 0 heterocycles. The standard InChI is InChI=1S/C23H27F4NO6/c1-6-14(29)31-10-12-33-22(5,28)16-18(24)20(26)17(21(27)19(16)25)23(8-3,9-4)34-13-11-32-15(30)7-2/h6-8H,1-3,9-13,28H2,4-5H3. The third-order valence-corrected chi connectivity index (χ3v) is 4.79. The zero-order valence-electron chi connectivity index (χ0n) is 18.9. The predicted molar refractivity (Wildman–Crippen MR) is 114 cm³/mol. The molecule has 0 fully saturated rings. The average Bonchev–Trinajstić information content (AvgIpc) is 2.81. The van der Waals surface area contributed by atoms with Crippen molar-refractivity contribution >= 4 is 11.9 Å². The second kappa shape index (κ2) is 12.4. The summed E-state index contributed by atoms with van der Waals surface area (Å²) >= 11 is 0. The minimum absolute atomic E-state index is 0.178. The van der Waals surface area contributed by atoms with E-state index in [0.29, 0.717) is 0 Å². The van der Waals surface area contributed by atoms with Crippen LogP contribution in [0.25, 0.3) is 0 Å². The number of rotatable bonds is 14. The molecule has 0 aliphatic rings. The summed E-state index contributed by atoms with van der Waals surface area (Å²) in [5, 5.41) is 0. The van der Waals surface area contributed by atoms with Crippen molar-refractivity contribution < 1.29 is 46.1 Å². The molecule has 0 amide bonds. The number of benzene rings is 1. The van der Waals surface area contributed by atoms with Gasteiger partial charge in [0, 0.05) is 12.2 Å². The summed E-state index contributed by atoms with van der Waals surface area (Å²) in [7, 11) is 0. The Balaban J connectivity index is 3.32. The highest BCUT2D eigenvalue weighted by Gasteiger charge is 2.42. The van der Waals surface area contributed by atoms with Crippen molar-refractivity contribution in [1.82, 2.24) is 0 Å². The van der Waals surface area contributed by atoms with Gasteiger partial charge in [0.1, 0.15) is 24.5 Å².